The van der Waals surface area contributed by atoms with Crippen LogP contribution in [-0.2, 0) is 25.8 Å². The van der Waals surface area contributed by atoms with E-state index in [1.807, 2.05) is 30.3 Å². The summed E-state index contributed by atoms with van der Waals surface area (Å²) in [5.74, 6) is -1.36. The molecule has 0 unspecified atom stereocenters. The fourth-order valence-corrected chi connectivity index (χ4v) is 4.40. The number of hydrogen-bond donors (Lipinski definition) is 1. The maximum Gasteiger partial charge on any atom is 0.323 e. The molecule has 1 aliphatic carbocycles. The van der Waals surface area contributed by atoms with Crippen molar-refractivity contribution in [1.29, 1.82) is 0 Å². The molecule has 0 aromatic heterocycles. The normalized spacial score (nSPS) is 15.7. The molecule has 1 aliphatic rings. The van der Waals surface area contributed by atoms with Crippen LogP contribution in [0.2, 0.25) is 0 Å². The summed E-state index contributed by atoms with van der Waals surface area (Å²) >= 11 is 0. The van der Waals surface area contributed by atoms with Crippen molar-refractivity contribution in [1.82, 2.24) is 4.90 Å². The number of sulfone groups is 1. The highest BCUT2D eigenvalue weighted by molar-refractivity contribution is 7.90. The zero-order chi connectivity index (χ0) is 17.8. The summed E-state index contributed by atoms with van der Waals surface area (Å²) in [7, 11) is -3.16. The quantitative estimate of drug-likeness (QED) is 0.724. The van der Waals surface area contributed by atoms with Gasteiger partial charge in [0.15, 0.2) is 0 Å². The van der Waals surface area contributed by atoms with E-state index >= 15 is 0 Å². The van der Waals surface area contributed by atoms with Crippen LogP contribution in [0.15, 0.2) is 30.3 Å². The lowest BCUT2D eigenvalue weighted by atomic mass is 10.0. The van der Waals surface area contributed by atoms with Crippen LogP contribution in [0.4, 0.5) is 0 Å². The van der Waals surface area contributed by atoms with Gasteiger partial charge >= 0.3 is 5.97 Å². The van der Waals surface area contributed by atoms with Gasteiger partial charge in [0.25, 0.3) is 0 Å². The lowest BCUT2D eigenvalue weighted by Gasteiger charge is -2.23. The predicted molar refractivity (Wildman–Crippen MR) is 90.4 cm³/mol. The molecule has 0 aliphatic heterocycles. The summed E-state index contributed by atoms with van der Waals surface area (Å²) in [6, 6.07) is 9.53. The van der Waals surface area contributed by atoms with E-state index in [4.69, 9.17) is 5.11 Å². The highest BCUT2D eigenvalue weighted by atomic mass is 32.2. The average Bonchev–Trinajstić information content (AvgIpc) is 3.20. The van der Waals surface area contributed by atoms with Crippen LogP contribution in [0.25, 0.3) is 0 Å². The first kappa shape index (κ1) is 18.4. The second kappa shape index (κ2) is 7.34. The first-order valence-corrected chi connectivity index (χ1v) is 9.96. The minimum Gasteiger partial charge on any atom is -0.480 e. The van der Waals surface area contributed by atoms with Crippen molar-refractivity contribution in [3.05, 3.63) is 35.9 Å². The van der Waals surface area contributed by atoms with E-state index in [1.165, 1.54) is 11.2 Å². The van der Waals surface area contributed by atoms with Crippen LogP contribution in [-0.4, -0.2) is 55.4 Å². The summed E-state index contributed by atoms with van der Waals surface area (Å²) in [5.41, 5.74) is 0.534. The molecule has 6 nitrogen and oxygen atoms in total. The van der Waals surface area contributed by atoms with Gasteiger partial charge in [-0.1, -0.05) is 30.3 Å². The molecule has 1 fully saturated rings. The third-order valence-electron chi connectivity index (χ3n) is 4.24. The summed E-state index contributed by atoms with van der Waals surface area (Å²) in [6.45, 7) is -0.0509. The SMILES string of the molecule is CS(=O)(=O)CC1(CC(=O)N(CCc2ccccc2)CC(=O)O)CC1. The van der Waals surface area contributed by atoms with Crippen LogP contribution >= 0.6 is 0 Å². The maximum absolute atomic E-state index is 12.5. The first-order valence-electron chi connectivity index (χ1n) is 7.90. The highest BCUT2D eigenvalue weighted by Crippen LogP contribution is 2.50. The number of carboxylic acid groups (broad SMARTS) is 1. The van der Waals surface area contributed by atoms with Crippen molar-refractivity contribution in [3.8, 4) is 0 Å². The zero-order valence-electron chi connectivity index (χ0n) is 13.8. The van der Waals surface area contributed by atoms with Gasteiger partial charge in [-0.2, -0.15) is 0 Å². The fraction of sp³-hybridized carbons (Fsp3) is 0.529. The Labute approximate surface area is 142 Å². The number of amides is 1. The summed E-state index contributed by atoms with van der Waals surface area (Å²) in [6.07, 6.45) is 3.24. The lowest BCUT2D eigenvalue weighted by molar-refractivity contribution is -0.144. The largest absolute Gasteiger partial charge is 0.480 e. The number of carboxylic acids is 1. The number of nitrogens with zero attached hydrogens (tertiary/aromatic N) is 1. The Kier molecular flexibility index (Phi) is 5.64. The van der Waals surface area contributed by atoms with E-state index in [-0.39, 0.29) is 24.6 Å². The standard InChI is InChI=1S/C17H23NO5S/c1-24(22,23)13-17(8-9-17)11-15(19)18(12-16(20)21)10-7-14-5-3-2-4-6-14/h2-6H,7-13H2,1H3,(H,20,21). The molecule has 24 heavy (non-hydrogen) atoms. The monoisotopic (exact) mass is 353 g/mol. The van der Waals surface area contributed by atoms with Gasteiger partial charge in [0, 0.05) is 19.2 Å². The molecule has 132 valence electrons. The maximum atomic E-state index is 12.5. The highest BCUT2D eigenvalue weighted by Gasteiger charge is 2.47. The number of aliphatic carboxylic acids is 1. The van der Waals surface area contributed by atoms with E-state index in [1.54, 1.807) is 0 Å². The number of benzene rings is 1. The van der Waals surface area contributed by atoms with Crippen LogP contribution in [0.1, 0.15) is 24.8 Å². The second-order valence-corrected chi connectivity index (χ2v) is 8.83. The van der Waals surface area contributed by atoms with Crippen molar-refractivity contribution >= 4 is 21.7 Å². The molecule has 0 spiro atoms. The zero-order valence-corrected chi connectivity index (χ0v) is 14.6. The van der Waals surface area contributed by atoms with Crippen LogP contribution in [0.3, 0.4) is 0 Å². The van der Waals surface area contributed by atoms with E-state index in [0.717, 1.165) is 5.56 Å². The molecule has 1 N–H and O–H groups in total. The summed E-state index contributed by atoms with van der Waals surface area (Å²) < 4.78 is 23.0. The van der Waals surface area contributed by atoms with Gasteiger partial charge in [-0.05, 0) is 30.2 Å². The van der Waals surface area contributed by atoms with Gasteiger partial charge < -0.3 is 10.0 Å². The molecule has 0 saturated heterocycles. The number of carbonyl (C=O) groups is 2. The van der Waals surface area contributed by atoms with Gasteiger partial charge in [0.2, 0.25) is 5.91 Å². The Morgan fingerprint density at radius 2 is 1.83 bits per heavy atom. The third-order valence-corrected chi connectivity index (χ3v) is 5.38. The van der Waals surface area contributed by atoms with Gasteiger partial charge in [0.1, 0.15) is 16.4 Å². The molecule has 0 bridgehead atoms. The molecule has 0 heterocycles. The first-order chi connectivity index (χ1) is 11.2. The number of hydrogen-bond acceptors (Lipinski definition) is 4. The Hall–Kier alpha value is -1.89. The van der Waals surface area contributed by atoms with Gasteiger partial charge in [-0.15, -0.1) is 0 Å². The molecule has 1 aromatic rings. The average molecular weight is 353 g/mol. The second-order valence-electron chi connectivity index (χ2n) is 6.69. The van der Waals surface area contributed by atoms with Crippen molar-refractivity contribution in [2.45, 2.75) is 25.7 Å². The number of carbonyl (C=O) groups excluding carboxylic acids is 1. The number of rotatable bonds is 9. The van der Waals surface area contributed by atoms with Gasteiger partial charge in [0.05, 0.1) is 5.75 Å². The van der Waals surface area contributed by atoms with Gasteiger partial charge in [-0.3, -0.25) is 9.59 Å². The Bertz CT molecular complexity index is 695. The molecular weight excluding hydrogens is 330 g/mol. The van der Waals surface area contributed by atoms with E-state index in [2.05, 4.69) is 0 Å². The molecular formula is C17H23NO5S. The molecule has 1 amide bonds. The molecule has 0 atom stereocenters. The minimum atomic E-state index is -3.16. The summed E-state index contributed by atoms with van der Waals surface area (Å²) in [4.78, 5) is 24.9. The third kappa shape index (κ3) is 5.96. The predicted octanol–water partition coefficient (Wildman–Crippen LogP) is 1.36. The fourth-order valence-electron chi connectivity index (χ4n) is 2.90. The van der Waals surface area contributed by atoms with E-state index < -0.39 is 21.2 Å². The molecule has 1 aromatic carbocycles. The lowest BCUT2D eigenvalue weighted by Crippen LogP contribution is -2.39. The molecule has 0 radical (unpaired) electrons. The summed E-state index contributed by atoms with van der Waals surface area (Å²) in [5, 5.41) is 9.04. The van der Waals surface area contributed by atoms with Crippen molar-refractivity contribution in [2.24, 2.45) is 5.41 Å². The Balaban J connectivity index is 1.99. The van der Waals surface area contributed by atoms with Gasteiger partial charge in [-0.25, -0.2) is 8.42 Å². The topological polar surface area (TPSA) is 91.8 Å². The van der Waals surface area contributed by atoms with E-state index in [9.17, 15) is 18.0 Å². The smallest absolute Gasteiger partial charge is 0.323 e. The van der Waals surface area contributed by atoms with Crippen molar-refractivity contribution in [2.75, 3.05) is 25.1 Å². The molecule has 7 heteroatoms. The minimum absolute atomic E-state index is 0.00859. The van der Waals surface area contributed by atoms with E-state index in [0.29, 0.717) is 25.8 Å². The van der Waals surface area contributed by atoms with Crippen LogP contribution in [0.5, 0.6) is 0 Å². The molecule has 1 saturated carbocycles. The molecule has 2 rings (SSSR count). The van der Waals surface area contributed by atoms with Crippen molar-refractivity contribution < 1.29 is 23.1 Å². The van der Waals surface area contributed by atoms with Crippen LogP contribution in [0, 0.1) is 5.41 Å². The Morgan fingerprint density at radius 1 is 1.21 bits per heavy atom. The van der Waals surface area contributed by atoms with Crippen molar-refractivity contribution in [3.63, 3.8) is 0 Å². The van der Waals surface area contributed by atoms with Crippen LogP contribution < -0.4 is 0 Å². The Morgan fingerprint density at radius 3 is 2.33 bits per heavy atom.